The Balaban J connectivity index is 2.41. The molecule has 0 spiro atoms. The first kappa shape index (κ1) is 13.6. The highest BCUT2D eigenvalue weighted by molar-refractivity contribution is 5.70. The fraction of sp³-hybridized carbons (Fsp3) is 0.133. The van der Waals surface area contributed by atoms with E-state index < -0.39 is 4.92 Å². The number of nitro benzene ring substituents is 1. The Morgan fingerprint density at radius 1 is 1.15 bits per heavy atom. The summed E-state index contributed by atoms with van der Waals surface area (Å²) in [4.78, 5) is 10.2. The molecule has 2 rings (SSSR count). The third kappa shape index (κ3) is 2.75. The quantitative estimate of drug-likeness (QED) is 0.677. The van der Waals surface area contributed by atoms with Gasteiger partial charge >= 0.3 is 0 Å². The third-order valence-corrected chi connectivity index (χ3v) is 3.00. The lowest BCUT2D eigenvalue weighted by Crippen LogP contribution is -1.97. The normalized spacial score (nSPS) is 9.85. The summed E-state index contributed by atoms with van der Waals surface area (Å²) >= 11 is 0. The minimum Gasteiger partial charge on any atom is -0.354 e. The van der Waals surface area contributed by atoms with Crippen molar-refractivity contribution in [3.8, 4) is 6.07 Å². The van der Waals surface area contributed by atoms with Crippen LogP contribution in [0.15, 0.2) is 36.4 Å². The Morgan fingerprint density at radius 2 is 1.90 bits per heavy atom. The number of anilines is 2. The molecule has 0 atom stereocenters. The van der Waals surface area contributed by atoms with Gasteiger partial charge in [-0.2, -0.15) is 5.26 Å². The first-order valence-corrected chi connectivity index (χ1v) is 6.04. The Kier molecular flexibility index (Phi) is 3.67. The van der Waals surface area contributed by atoms with Gasteiger partial charge in [-0.3, -0.25) is 10.1 Å². The molecule has 0 aliphatic carbocycles. The van der Waals surface area contributed by atoms with Crippen LogP contribution in [0, 0.1) is 35.3 Å². The zero-order valence-electron chi connectivity index (χ0n) is 11.2. The van der Waals surface area contributed by atoms with Gasteiger partial charge in [0.15, 0.2) is 0 Å². The van der Waals surface area contributed by atoms with Crippen molar-refractivity contribution in [2.75, 3.05) is 5.32 Å². The molecule has 2 aromatic carbocycles. The van der Waals surface area contributed by atoms with E-state index in [2.05, 4.69) is 5.32 Å². The average molecular weight is 267 g/mol. The van der Waals surface area contributed by atoms with Crippen molar-refractivity contribution in [3.63, 3.8) is 0 Å². The van der Waals surface area contributed by atoms with E-state index in [0.717, 1.165) is 16.8 Å². The first-order chi connectivity index (χ1) is 9.51. The molecule has 5 nitrogen and oxygen atoms in total. The fourth-order valence-electron chi connectivity index (χ4n) is 1.86. The van der Waals surface area contributed by atoms with Gasteiger partial charge in [0.05, 0.1) is 16.2 Å². The van der Waals surface area contributed by atoms with Crippen LogP contribution < -0.4 is 5.32 Å². The highest BCUT2D eigenvalue weighted by atomic mass is 16.6. The Morgan fingerprint density at radius 3 is 2.55 bits per heavy atom. The summed E-state index contributed by atoms with van der Waals surface area (Å²) < 4.78 is 0. The second-order valence-electron chi connectivity index (χ2n) is 4.54. The fourth-order valence-corrected chi connectivity index (χ4v) is 1.86. The molecule has 0 unspecified atom stereocenters. The first-order valence-electron chi connectivity index (χ1n) is 6.04. The Bertz CT molecular complexity index is 718. The van der Waals surface area contributed by atoms with E-state index in [1.54, 1.807) is 6.07 Å². The number of rotatable bonds is 3. The van der Waals surface area contributed by atoms with Crippen LogP contribution in [0.5, 0.6) is 0 Å². The Hall–Kier alpha value is -2.87. The zero-order chi connectivity index (χ0) is 14.7. The molecular formula is C15H13N3O2. The average Bonchev–Trinajstić information content (AvgIpc) is 2.43. The molecule has 0 amide bonds. The standard InChI is InChI=1S/C15H13N3O2/c1-10-3-4-11(2)15(7-10)17-14-6-5-13(18(19)20)8-12(14)9-16/h3-8,17H,1-2H3. The molecule has 0 aromatic heterocycles. The molecule has 0 heterocycles. The second kappa shape index (κ2) is 5.41. The number of hydrogen-bond acceptors (Lipinski definition) is 4. The lowest BCUT2D eigenvalue weighted by molar-refractivity contribution is -0.384. The van der Waals surface area contributed by atoms with Crippen molar-refractivity contribution in [3.05, 3.63) is 63.2 Å². The number of nitrogens with zero attached hydrogens (tertiary/aromatic N) is 2. The van der Waals surface area contributed by atoms with Gasteiger partial charge < -0.3 is 5.32 Å². The van der Waals surface area contributed by atoms with E-state index in [9.17, 15) is 10.1 Å². The number of benzene rings is 2. The van der Waals surface area contributed by atoms with Crippen LogP contribution in [0.4, 0.5) is 17.1 Å². The molecule has 0 saturated carbocycles. The van der Waals surface area contributed by atoms with Crippen molar-refractivity contribution in [1.29, 1.82) is 5.26 Å². The molecule has 2 aromatic rings. The van der Waals surface area contributed by atoms with Crippen molar-refractivity contribution in [1.82, 2.24) is 0 Å². The lowest BCUT2D eigenvalue weighted by atomic mass is 10.1. The topological polar surface area (TPSA) is 79.0 Å². The van der Waals surface area contributed by atoms with Crippen molar-refractivity contribution >= 4 is 17.1 Å². The highest BCUT2D eigenvalue weighted by Gasteiger charge is 2.11. The van der Waals surface area contributed by atoms with Crippen LogP contribution in [0.25, 0.3) is 0 Å². The number of nitriles is 1. The maximum Gasteiger partial charge on any atom is 0.270 e. The summed E-state index contributed by atoms with van der Waals surface area (Å²) in [6, 6.07) is 12.1. The number of hydrogen-bond donors (Lipinski definition) is 1. The monoisotopic (exact) mass is 267 g/mol. The van der Waals surface area contributed by atoms with Gasteiger partial charge in [-0.25, -0.2) is 0 Å². The van der Waals surface area contributed by atoms with Gasteiger partial charge in [0.2, 0.25) is 0 Å². The predicted octanol–water partition coefficient (Wildman–Crippen LogP) is 3.83. The van der Waals surface area contributed by atoms with Crippen LogP contribution >= 0.6 is 0 Å². The summed E-state index contributed by atoms with van der Waals surface area (Å²) in [7, 11) is 0. The molecule has 0 fully saturated rings. The van der Waals surface area contributed by atoms with Crippen molar-refractivity contribution < 1.29 is 4.92 Å². The summed E-state index contributed by atoms with van der Waals surface area (Å²) in [5, 5.41) is 23.0. The van der Waals surface area contributed by atoms with Crippen LogP contribution in [-0.2, 0) is 0 Å². The maximum atomic E-state index is 10.7. The van der Waals surface area contributed by atoms with Crippen LogP contribution in [0.1, 0.15) is 16.7 Å². The minimum atomic E-state index is -0.511. The van der Waals surface area contributed by atoms with E-state index in [4.69, 9.17) is 5.26 Å². The lowest BCUT2D eigenvalue weighted by Gasteiger charge is -2.11. The molecule has 5 heteroatoms. The van der Waals surface area contributed by atoms with Crippen molar-refractivity contribution in [2.45, 2.75) is 13.8 Å². The molecule has 0 radical (unpaired) electrons. The van der Waals surface area contributed by atoms with Gasteiger partial charge in [0, 0.05) is 17.8 Å². The van der Waals surface area contributed by atoms with E-state index in [-0.39, 0.29) is 11.3 Å². The van der Waals surface area contributed by atoms with E-state index >= 15 is 0 Å². The van der Waals surface area contributed by atoms with Gasteiger partial charge in [-0.15, -0.1) is 0 Å². The summed E-state index contributed by atoms with van der Waals surface area (Å²) in [5.41, 5.74) is 3.74. The molecule has 0 saturated heterocycles. The molecule has 0 aliphatic heterocycles. The Labute approximate surface area is 116 Å². The van der Waals surface area contributed by atoms with Gasteiger partial charge in [0.25, 0.3) is 5.69 Å². The van der Waals surface area contributed by atoms with Gasteiger partial charge in [-0.05, 0) is 37.1 Å². The molecule has 0 bridgehead atoms. The van der Waals surface area contributed by atoms with Crippen LogP contribution in [-0.4, -0.2) is 4.92 Å². The molecule has 20 heavy (non-hydrogen) atoms. The predicted molar refractivity (Wildman–Crippen MR) is 77.0 cm³/mol. The van der Waals surface area contributed by atoms with Gasteiger partial charge in [-0.1, -0.05) is 12.1 Å². The zero-order valence-corrected chi connectivity index (χ0v) is 11.2. The molecular weight excluding hydrogens is 254 g/mol. The highest BCUT2D eigenvalue weighted by Crippen LogP contribution is 2.27. The van der Waals surface area contributed by atoms with E-state index in [0.29, 0.717) is 5.69 Å². The molecule has 1 N–H and O–H groups in total. The summed E-state index contributed by atoms with van der Waals surface area (Å²) in [6.45, 7) is 3.94. The number of nitrogens with one attached hydrogen (secondary N) is 1. The smallest absolute Gasteiger partial charge is 0.270 e. The largest absolute Gasteiger partial charge is 0.354 e. The second-order valence-corrected chi connectivity index (χ2v) is 4.54. The van der Waals surface area contributed by atoms with Crippen LogP contribution in [0.3, 0.4) is 0 Å². The maximum absolute atomic E-state index is 10.7. The van der Waals surface area contributed by atoms with E-state index in [1.165, 1.54) is 12.1 Å². The third-order valence-electron chi connectivity index (χ3n) is 3.00. The number of non-ortho nitro benzene ring substituents is 1. The number of nitro groups is 1. The summed E-state index contributed by atoms with van der Waals surface area (Å²) in [5.74, 6) is 0. The minimum absolute atomic E-state index is 0.0898. The molecule has 0 aliphatic rings. The van der Waals surface area contributed by atoms with Gasteiger partial charge in [0.1, 0.15) is 6.07 Å². The molecule has 100 valence electrons. The summed E-state index contributed by atoms with van der Waals surface area (Å²) in [6.07, 6.45) is 0. The van der Waals surface area contributed by atoms with E-state index in [1.807, 2.05) is 38.1 Å². The number of aryl methyl sites for hydroxylation is 2. The van der Waals surface area contributed by atoms with Crippen molar-refractivity contribution in [2.24, 2.45) is 0 Å². The SMILES string of the molecule is Cc1ccc(C)c(Nc2ccc([N+](=O)[O-])cc2C#N)c1. The van der Waals surface area contributed by atoms with Crippen LogP contribution in [0.2, 0.25) is 0 Å².